The highest BCUT2D eigenvalue weighted by Gasteiger charge is 2.65. The Morgan fingerprint density at radius 1 is 1.00 bits per heavy atom. The lowest BCUT2D eigenvalue weighted by Gasteiger charge is -2.14. The van der Waals surface area contributed by atoms with Gasteiger partial charge in [0.05, 0.1) is 0 Å². The van der Waals surface area contributed by atoms with Gasteiger partial charge in [-0.15, -0.1) is 0 Å². The van der Waals surface area contributed by atoms with Crippen molar-refractivity contribution < 1.29 is 0 Å². The van der Waals surface area contributed by atoms with Gasteiger partial charge >= 0.3 is 0 Å². The maximum absolute atomic E-state index is 4.56. The number of anilines is 2. The molecule has 0 amide bonds. The Bertz CT molecular complexity index is 477. The van der Waals surface area contributed by atoms with Crippen LogP contribution in [0.5, 0.6) is 0 Å². The molecule has 1 saturated carbocycles. The van der Waals surface area contributed by atoms with E-state index in [1.165, 1.54) is 0 Å². The second kappa shape index (κ2) is 4.36. The number of nitrogens with zero attached hydrogens (tertiary/aromatic N) is 2. The maximum Gasteiger partial charge on any atom is 0.135 e. The third-order valence-electron chi connectivity index (χ3n) is 4.90. The van der Waals surface area contributed by atoms with E-state index in [1.54, 1.807) is 0 Å². The zero-order chi connectivity index (χ0) is 14.4. The average Bonchev–Trinajstić information content (AvgIpc) is 2.67. The SMILES string of the molecule is CCNc1nc(C)nc(NC2C(C)(C)C2(C)C)c1C. The van der Waals surface area contributed by atoms with Crippen LogP contribution >= 0.6 is 0 Å². The van der Waals surface area contributed by atoms with Gasteiger partial charge in [-0.3, -0.25) is 0 Å². The highest BCUT2D eigenvalue weighted by Crippen LogP contribution is 2.63. The van der Waals surface area contributed by atoms with E-state index in [1.807, 2.05) is 6.92 Å². The highest BCUT2D eigenvalue weighted by molar-refractivity contribution is 5.59. The summed E-state index contributed by atoms with van der Waals surface area (Å²) >= 11 is 0. The van der Waals surface area contributed by atoms with E-state index in [0.29, 0.717) is 16.9 Å². The van der Waals surface area contributed by atoms with Crippen LogP contribution < -0.4 is 10.6 Å². The van der Waals surface area contributed by atoms with Gasteiger partial charge in [0, 0.05) is 18.2 Å². The second-order valence-electron chi connectivity index (χ2n) is 6.64. The molecule has 4 heteroatoms. The molecule has 106 valence electrons. The molecule has 0 atom stereocenters. The fourth-order valence-corrected chi connectivity index (χ4v) is 2.80. The molecule has 1 heterocycles. The van der Waals surface area contributed by atoms with E-state index in [-0.39, 0.29) is 0 Å². The molecule has 4 nitrogen and oxygen atoms in total. The Kier molecular flexibility index (Phi) is 3.23. The van der Waals surface area contributed by atoms with Gasteiger partial charge in [0.15, 0.2) is 0 Å². The van der Waals surface area contributed by atoms with Crippen LogP contribution in [0.25, 0.3) is 0 Å². The van der Waals surface area contributed by atoms with Crippen molar-refractivity contribution in [3.8, 4) is 0 Å². The first kappa shape index (κ1) is 14.1. The minimum atomic E-state index is 0.302. The van der Waals surface area contributed by atoms with Gasteiger partial charge in [0.1, 0.15) is 17.5 Å². The van der Waals surface area contributed by atoms with Crippen LogP contribution in [-0.4, -0.2) is 22.6 Å². The van der Waals surface area contributed by atoms with Gasteiger partial charge < -0.3 is 10.6 Å². The zero-order valence-electron chi connectivity index (χ0n) is 13.2. The van der Waals surface area contributed by atoms with E-state index in [2.05, 4.69) is 62.1 Å². The molecular weight excluding hydrogens is 236 g/mol. The van der Waals surface area contributed by atoms with E-state index >= 15 is 0 Å². The quantitative estimate of drug-likeness (QED) is 0.873. The molecule has 0 aromatic carbocycles. The van der Waals surface area contributed by atoms with Gasteiger partial charge in [0.2, 0.25) is 0 Å². The second-order valence-corrected chi connectivity index (χ2v) is 6.64. The monoisotopic (exact) mass is 262 g/mol. The molecular formula is C15H26N4. The summed E-state index contributed by atoms with van der Waals surface area (Å²) in [6, 6.07) is 0.461. The number of aryl methyl sites for hydroxylation is 1. The van der Waals surface area contributed by atoms with Crippen molar-refractivity contribution in [1.82, 2.24) is 9.97 Å². The molecule has 1 aliphatic carbocycles. The lowest BCUT2D eigenvalue weighted by atomic mass is 10.0. The third kappa shape index (κ3) is 2.17. The van der Waals surface area contributed by atoms with Crippen LogP contribution in [-0.2, 0) is 0 Å². The molecule has 1 aromatic rings. The van der Waals surface area contributed by atoms with E-state index in [0.717, 1.165) is 29.6 Å². The van der Waals surface area contributed by atoms with Crippen LogP contribution in [0.2, 0.25) is 0 Å². The van der Waals surface area contributed by atoms with E-state index < -0.39 is 0 Å². The molecule has 0 unspecified atom stereocenters. The summed E-state index contributed by atoms with van der Waals surface area (Å²) in [5, 5.41) is 6.91. The van der Waals surface area contributed by atoms with Crippen molar-refractivity contribution in [3.63, 3.8) is 0 Å². The first-order valence-corrected chi connectivity index (χ1v) is 7.07. The molecule has 19 heavy (non-hydrogen) atoms. The summed E-state index contributed by atoms with van der Waals surface area (Å²) in [4.78, 5) is 9.03. The maximum atomic E-state index is 4.56. The first-order valence-electron chi connectivity index (χ1n) is 7.07. The van der Waals surface area contributed by atoms with Crippen molar-refractivity contribution in [3.05, 3.63) is 11.4 Å². The fraction of sp³-hybridized carbons (Fsp3) is 0.733. The van der Waals surface area contributed by atoms with Crippen LogP contribution in [0, 0.1) is 24.7 Å². The number of nitrogens with one attached hydrogen (secondary N) is 2. The minimum absolute atomic E-state index is 0.302. The topological polar surface area (TPSA) is 49.8 Å². The largest absolute Gasteiger partial charge is 0.370 e. The number of hydrogen-bond donors (Lipinski definition) is 2. The van der Waals surface area contributed by atoms with Gasteiger partial charge in [-0.25, -0.2) is 9.97 Å². The predicted octanol–water partition coefficient (Wildman–Crippen LogP) is 3.37. The zero-order valence-corrected chi connectivity index (χ0v) is 13.2. The number of rotatable bonds is 4. The van der Waals surface area contributed by atoms with Crippen molar-refractivity contribution >= 4 is 11.6 Å². The Balaban J connectivity index is 2.27. The molecule has 2 N–H and O–H groups in total. The third-order valence-corrected chi connectivity index (χ3v) is 4.90. The first-order chi connectivity index (χ1) is 8.71. The fourth-order valence-electron chi connectivity index (χ4n) is 2.80. The Hall–Kier alpha value is -1.32. The lowest BCUT2D eigenvalue weighted by Crippen LogP contribution is -2.15. The molecule has 0 bridgehead atoms. The summed E-state index contributed by atoms with van der Waals surface area (Å²) < 4.78 is 0. The van der Waals surface area contributed by atoms with E-state index in [4.69, 9.17) is 0 Å². The Labute approximate surface area is 116 Å². The molecule has 0 saturated heterocycles. The van der Waals surface area contributed by atoms with Crippen LogP contribution in [0.1, 0.15) is 46.0 Å². The lowest BCUT2D eigenvalue weighted by molar-refractivity contribution is 0.457. The van der Waals surface area contributed by atoms with Crippen molar-refractivity contribution in [1.29, 1.82) is 0 Å². The standard InChI is InChI=1S/C15H26N4/c1-8-16-11-9(2)12(18-10(3)17-11)19-13-14(4,5)15(13,6)7/h13H,8H2,1-7H3,(H2,16,17,18,19). The van der Waals surface area contributed by atoms with Crippen molar-refractivity contribution in [2.24, 2.45) is 10.8 Å². The van der Waals surface area contributed by atoms with Gasteiger partial charge in [0.25, 0.3) is 0 Å². The van der Waals surface area contributed by atoms with Crippen LogP contribution in [0.15, 0.2) is 0 Å². The van der Waals surface area contributed by atoms with Crippen molar-refractivity contribution in [2.75, 3.05) is 17.2 Å². The summed E-state index contributed by atoms with van der Waals surface area (Å²) in [7, 11) is 0. The van der Waals surface area contributed by atoms with E-state index in [9.17, 15) is 0 Å². The highest BCUT2D eigenvalue weighted by atomic mass is 15.1. The molecule has 0 aliphatic heterocycles. The normalized spacial score (nSPS) is 20.2. The number of hydrogen-bond acceptors (Lipinski definition) is 4. The number of aromatic nitrogens is 2. The van der Waals surface area contributed by atoms with Gasteiger partial charge in [-0.05, 0) is 31.6 Å². The summed E-state index contributed by atoms with van der Waals surface area (Å²) in [6.07, 6.45) is 0. The van der Waals surface area contributed by atoms with Crippen LogP contribution in [0.3, 0.4) is 0 Å². The Morgan fingerprint density at radius 3 is 2.00 bits per heavy atom. The summed E-state index contributed by atoms with van der Waals surface area (Å²) in [5.41, 5.74) is 1.71. The Morgan fingerprint density at radius 2 is 1.53 bits per heavy atom. The van der Waals surface area contributed by atoms with Crippen molar-refractivity contribution in [2.45, 2.75) is 54.5 Å². The smallest absolute Gasteiger partial charge is 0.135 e. The predicted molar refractivity (Wildman–Crippen MR) is 80.6 cm³/mol. The summed E-state index contributed by atoms with van der Waals surface area (Å²) in [6.45, 7) is 16.2. The molecule has 0 spiro atoms. The minimum Gasteiger partial charge on any atom is -0.370 e. The molecule has 1 aromatic heterocycles. The van der Waals surface area contributed by atoms with Gasteiger partial charge in [-0.1, -0.05) is 27.7 Å². The molecule has 1 aliphatic rings. The average molecular weight is 262 g/mol. The van der Waals surface area contributed by atoms with Crippen LogP contribution in [0.4, 0.5) is 11.6 Å². The van der Waals surface area contributed by atoms with Gasteiger partial charge in [-0.2, -0.15) is 0 Å². The molecule has 0 radical (unpaired) electrons. The molecule has 1 fully saturated rings. The summed E-state index contributed by atoms with van der Waals surface area (Å²) in [5.74, 6) is 2.71. The molecule has 2 rings (SSSR count).